The number of methoxy groups -OCH3 is 1. The van der Waals surface area contributed by atoms with Gasteiger partial charge in [-0.2, -0.15) is 0 Å². The molecule has 1 N–H and O–H groups in total. The second-order valence-corrected chi connectivity index (χ2v) is 15.6. The number of hydrogen-bond donors (Lipinski definition) is 1. The van der Waals surface area contributed by atoms with E-state index in [0.29, 0.717) is 0 Å². The number of aliphatic hydroxyl groups excluding tert-OH is 1. The molecule has 14 nitrogen and oxygen atoms in total. The molecule has 10 atom stereocenters. The van der Waals surface area contributed by atoms with Crippen molar-refractivity contribution in [1.82, 2.24) is 0 Å². The van der Waals surface area contributed by atoms with E-state index in [2.05, 4.69) is 10.0 Å². The van der Waals surface area contributed by atoms with Crippen LogP contribution >= 0.6 is 11.8 Å². The van der Waals surface area contributed by atoms with Crippen LogP contribution in [0.3, 0.4) is 0 Å². The van der Waals surface area contributed by atoms with Gasteiger partial charge in [0.05, 0.1) is 45.2 Å². The number of aliphatic hydroxyl groups is 1. The van der Waals surface area contributed by atoms with Gasteiger partial charge in [0.1, 0.15) is 35.9 Å². The Kier molecular flexibility index (Phi) is 16.1. The molecule has 2 fully saturated rings. The maximum absolute atomic E-state index is 13.9. The predicted molar refractivity (Wildman–Crippen MR) is 227 cm³/mol. The lowest BCUT2D eigenvalue weighted by Crippen LogP contribution is -2.65. The van der Waals surface area contributed by atoms with Crippen molar-refractivity contribution in [2.75, 3.05) is 13.7 Å². The Bertz CT molecular complexity index is 2190. The van der Waals surface area contributed by atoms with Crippen LogP contribution in [0.25, 0.3) is 10.4 Å². The number of carbonyl (C=O) groups is 2. The van der Waals surface area contributed by atoms with E-state index in [1.165, 1.54) is 18.9 Å². The summed E-state index contributed by atoms with van der Waals surface area (Å²) in [5, 5.41) is 15.9. The summed E-state index contributed by atoms with van der Waals surface area (Å²) in [5.74, 6) is -1.49. The van der Waals surface area contributed by atoms with Gasteiger partial charge < -0.3 is 43.0 Å². The number of benzene rings is 5. The Morgan fingerprint density at radius 2 is 1.23 bits per heavy atom. The van der Waals surface area contributed by atoms with Gasteiger partial charge in [-0.1, -0.05) is 144 Å². The zero-order valence-corrected chi connectivity index (χ0v) is 34.6. The van der Waals surface area contributed by atoms with E-state index in [4.69, 9.17) is 37.9 Å². The van der Waals surface area contributed by atoms with Gasteiger partial charge >= 0.3 is 11.9 Å². The number of thioether (sulfide) groups is 1. The lowest BCUT2D eigenvalue weighted by atomic mass is 9.95. The third-order valence-electron chi connectivity index (χ3n) is 10.3. The smallest absolute Gasteiger partial charge is 0.338 e. The third-order valence-corrected chi connectivity index (χ3v) is 11.4. The number of azide groups is 1. The molecule has 0 amide bonds. The van der Waals surface area contributed by atoms with Crippen molar-refractivity contribution in [3.63, 3.8) is 0 Å². The summed E-state index contributed by atoms with van der Waals surface area (Å²) in [4.78, 5) is 31.7. The van der Waals surface area contributed by atoms with E-state index in [1.807, 2.05) is 121 Å². The maximum Gasteiger partial charge on any atom is 0.338 e. The first kappa shape index (κ1) is 44.5. The van der Waals surface area contributed by atoms with Crippen LogP contribution in [-0.4, -0.2) is 91.3 Å². The molecule has 0 aromatic heterocycles. The van der Waals surface area contributed by atoms with Gasteiger partial charge in [0, 0.05) is 9.81 Å². The van der Waals surface area contributed by atoms with Crippen LogP contribution in [0.1, 0.15) is 27.0 Å². The fraction of sp³-hybridized carbons (Fsp3) is 0.319. The monoisotopic (exact) mass is 861 g/mol. The maximum atomic E-state index is 13.9. The number of esters is 2. The Morgan fingerprint density at radius 3 is 1.79 bits per heavy atom. The van der Waals surface area contributed by atoms with Crippen molar-refractivity contribution in [3.05, 3.63) is 184 Å². The predicted octanol–water partition coefficient (Wildman–Crippen LogP) is 7.44. The highest BCUT2D eigenvalue weighted by Gasteiger charge is 2.56. The van der Waals surface area contributed by atoms with E-state index in [0.717, 1.165) is 21.6 Å². The Morgan fingerprint density at radius 1 is 0.694 bits per heavy atom. The highest BCUT2D eigenvalue weighted by Crippen LogP contribution is 2.40. The van der Waals surface area contributed by atoms with E-state index in [9.17, 15) is 20.2 Å². The average molecular weight is 862 g/mol. The molecule has 2 saturated heterocycles. The number of nitrogens with zero attached hydrogens (tertiary/aromatic N) is 3. The molecular formula is C47H47N3O11S. The quantitative estimate of drug-likeness (QED) is 0.0399. The van der Waals surface area contributed by atoms with Crippen LogP contribution in [-0.2, 0) is 62.5 Å². The first-order valence-corrected chi connectivity index (χ1v) is 21.0. The van der Waals surface area contributed by atoms with Crippen molar-refractivity contribution in [1.29, 1.82) is 0 Å². The first-order valence-electron chi connectivity index (χ1n) is 20.1. The summed E-state index contributed by atoms with van der Waals surface area (Å²) in [6.45, 7) is 0.136. The Labute approximate surface area is 363 Å². The second-order valence-electron chi connectivity index (χ2n) is 14.5. The van der Waals surface area contributed by atoms with Gasteiger partial charge in [-0.25, -0.2) is 9.59 Å². The van der Waals surface area contributed by atoms with Gasteiger partial charge in [-0.15, -0.1) is 0 Å². The highest BCUT2D eigenvalue weighted by atomic mass is 32.2. The van der Waals surface area contributed by atoms with Crippen LogP contribution in [0.15, 0.2) is 162 Å². The second kappa shape index (κ2) is 22.5. The van der Waals surface area contributed by atoms with Crippen molar-refractivity contribution >= 4 is 23.7 Å². The molecular weight excluding hydrogens is 815 g/mol. The Balaban J connectivity index is 1.27. The molecule has 7 rings (SSSR count). The van der Waals surface area contributed by atoms with E-state index in [-0.39, 0.29) is 32.0 Å². The topological polar surface area (TPSA) is 177 Å². The molecule has 15 heteroatoms. The summed E-state index contributed by atoms with van der Waals surface area (Å²) in [5.41, 5.74) is 11.6. The number of carbonyl (C=O) groups excluding carboxylic acids is 2. The fourth-order valence-corrected chi connectivity index (χ4v) is 8.26. The SMILES string of the molecule is COC(=O)[C@@H]1O[C@H](Sc2ccccc2)[C@H](OC(=O)c2ccccc2)[C@@H](OCc2ccccc2)[C@@H]1O[C@H]1O[C@H](COCc2ccccc2)[C@@H](O)[C@H](OCc2ccccc2)[C@H]1N=[N+]=[N-]. The van der Waals surface area contributed by atoms with Crippen LogP contribution in [0, 0.1) is 0 Å². The van der Waals surface area contributed by atoms with Crippen LogP contribution in [0.5, 0.6) is 0 Å². The number of hydrogen-bond acceptors (Lipinski definition) is 13. The zero-order chi connectivity index (χ0) is 43.1. The molecule has 5 aromatic carbocycles. The van der Waals surface area contributed by atoms with Gasteiger partial charge in [0.25, 0.3) is 0 Å². The molecule has 0 saturated carbocycles. The van der Waals surface area contributed by atoms with E-state index in [1.54, 1.807) is 30.3 Å². The van der Waals surface area contributed by atoms with Crippen molar-refractivity contribution in [3.8, 4) is 0 Å². The molecule has 0 radical (unpaired) electrons. The van der Waals surface area contributed by atoms with Gasteiger partial charge in [-0.05, 0) is 46.5 Å². The molecule has 62 heavy (non-hydrogen) atoms. The van der Waals surface area contributed by atoms with Crippen molar-refractivity contribution in [2.24, 2.45) is 5.11 Å². The summed E-state index contributed by atoms with van der Waals surface area (Å²) in [6.07, 6.45) is -10.5. The molecule has 0 bridgehead atoms. The van der Waals surface area contributed by atoms with Crippen LogP contribution in [0.2, 0.25) is 0 Å². The zero-order valence-electron chi connectivity index (χ0n) is 33.8. The minimum absolute atomic E-state index is 0.00412. The summed E-state index contributed by atoms with van der Waals surface area (Å²) in [7, 11) is 1.22. The molecule has 2 aliphatic heterocycles. The summed E-state index contributed by atoms with van der Waals surface area (Å²) < 4.78 is 50.5. The molecule has 0 unspecified atom stereocenters. The number of ether oxygens (including phenoxy) is 8. The van der Waals surface area contributed by atoms with Gasteiger partial charge in [0.15, 0.2) is 18.5 Å². The van der Waals surface area contributed by atoms with Crippen LogP contribution in [0.4, 0.5) is 0 Å². The minimum atomic E-state index is -1.49. The Hall–Kier alpha value is -5.58. The first-order chi connectivity index (χ1) is 30.4. The summed E-state index contributed by atoms with van der Waals surface area (Å²) in [6, 6.07) is 44.5. The molecule has 2 aliphatic rings. The molecule has 2 heterocycles. The molecule has 0 aliphatic carbocycles. The normalized spacial score (nSPS) is 25.8. The van der Waals surface area contributed by atoms with E-state index < -0.39 is 72.4 Å². The standard InChI is InChI=1S/C47H47N3O11S/c1-54-45(53)42-41(60-46-37(49-50-48)39(56-28-32-19-9-3-10-20-32)38(51)36(58-46)30-55-27-31-17-7-2-8-18-31)40(57-29-33-21-11-4-12-22-33)43(59-44(52)34-23-13-5-14-24-34)47(61-42)62-35-25-15-6-16-26-35/h2-26,36-43,46-47,51H,27-30H2,1H3/t36-,37-,38-,39-,40+,41+,42-,43-,46-,47-/m1/s1. The fourth-order valence-electron chi connectivity index (χ4n) is 7.16. The molecule has 322 valence electrons. The highest BCUT2D eigenvalue weighted by molar-refractivity contribution is 7.99. The lowest BCUT2D eigenvalue weighted by Gasteiger charge is -2.48. The van der Waals surface area contributed by atoms with Gasteiger partial charge in [-0.3, -0.25) is 0 Å². The minimum Gasteiger partial charge on any atom is -0.467 e. The number of rotatable bonds is 18. The van der Waals surface area contributed by atoms with Gasteiger partial charge in [0.2, 0.25) is 0 Å². The lowest BCUT2D eigenvalue weighted by molar-refractivity contribution is -0.320. The average Bonchev–Trinajstić information content (AvgIpc) is 3.32. The van der Waals surface area contributed by atoms with E-state index >= 15 is 0 Å². The van der Waals surface area contributed by atoms with Crippen molar-refractivity contribution in [2.45, 2.75) is 85.2 Å². The van der Waals surface area contributed by atoms with Crippen LogP contribution < -0.4 is 0 Å². The summed E-state index contributed by atoms with van der Waals surface area (Å²) >= 11 is 1.23. The third kappa shape index (κ3) is 11.7. The molecule has 0 spiro atoms. The van der Waals surface area contributed by atoms with Crippen molar-refractivity contribution < 1.29 is 52.6 Å². The molecule has 5 aromatic rings. The largest absolute Gasteiger partial charge is 0.467 e.